The van der Waals surface area contributed by atoms with Crippen molar-refractivity contribution in [3.63, 3.8) is 0 Å². The van der Waals surface area contributed by atoms with Gasteiger partial charge in [0.25, 0.3) is 0 Å². The number of fused-ring (bicyclic) bond motifs is 1. The predicted molar refractivity (Wildman–Crippen MR) is 58.5 cm³/mol. The van der Waals surface area contributed by atoms with Gasteiger partial charge in [-0.1, -0.05) is 0 Å². The van der Waals surface area contributed by atoms with Crippen molar-refractivity contribution < 1.29 is 4.39 Å². The maximum Gasteiger partial charge on any atom is 0.123 e. The fourth-order valence-electron chi connectivity index (χ4n) is 2.37. The van der Waals surface area contributed by atoms with Crippen LogP contribution in [0.1, 0.15) is 17.9 Å². The van der Waals surface area contributed by atoms with Crippen LogP contribution in [0.3, 0.4) is 0 Å². The monoisotopic (exact) mass is 204 g/mol. The smallest absolute Gasteiger partial charge is 0.123 e. The summed E-state index contributed by atoms with van der Waals surface area (Å²) in [5, 5.41) is 4.36. The van der Waals surface area contributed by atoms with Crippen LogP contribution in [0, 0.1) is 5.82 Å². The van der Waals surface area contributed by atoms with Crippen LogP contribution < -0.4 is 5.32 Å². The Hall–Kier alpha value is -1.35. The molecule has 3 heteroatoms. The predicted octanol–water partition coefficient (Wildman–Crippen LogP) is 2.38. The lowest BCUT2D eigenvalue weighted by molar-refractivity contribution is 0.629. The van der Waals surface area contributed by atoms with Crippen molar-refractivity contribution in [1.82, 2.24) is 10.3 Å². The molecule has 1 atom stereocenters. The lowest BCUT2D eigenvalue weighted by Gasteiger charge is -2.06. The third-order valence-electron chi connectivity index (χ3n) is 3.18. The summed E-state index contributed by atoms with van der Waals surface area (Å²) in [6, 6.07) is 4.92. The number of hydrogen-bond acceptors (Lipinski definition) is 1. The summed E-state index contributed by atoms with van der Waals surface area (Å²) in [4.78, 5) is 3.20. The highest BCUT2D eigenvalue weighted by Gasteiger charge is 2.19. The van der Waals surface area contributed by atoms with Crippen LogP contribution in [-0.2, 0) is 0 Å². The van der Waals surface area contributed by atoms with E-state index in [0.29, 0.717) is 5.92 Å². The van der Waals surface area contributed by atoms with Gasteiger partial charge in [0.1, 0.15) is 5.82 Å². The maximum absolute atomic E-state index is 13.2. The molecule has 0 unspecified atom stereocenters. The van der Waals surface area contributed by atoms with Gasteiger partial charge in [0, 0.05) is 23.6 Å². The van der Waals surface area contributed by atoms with E-state index >= 15 is 0 Å². The number of H-pyrrole nitrogens is 1. The molecule has 0 aliphatic carbocycles. The van der Waals surface area contributed by atoms with Crippen LogP contribution in [0.25, 0.3) is 10.9 Å². The van der Waals surface area contributed by atoms with Crippen LogP contribution in [0.5, 0.6) is 0 Å². The number of aromatic nitrogens is 1. The molecule has 0 amide bonds. The minimum atomic E-state index is -0.158. The minimum Gasteiger partial charge on any atom is -0.361 e. The summed E-state index contributed by atoms with van der Waals surface area (Å²) in [6.07, 6.45) is 3.16. The third kappa shape index (κ3) is 1.43. The number of rotatable bonds is 1. The van der Waals surface area contributed by atoms with Crippen LogP contribution in [-0.4, -0.2) is 18.1 Å². The first kappa shape index (κ1) is 8.92. The van der Waals surface area contributed by atoms with Crippen LogP contribution in [0.4, 0.5) is 4.39 Å². The van der Waals surface area contributed by atoms with Crippen molar-refractivity contribution in [2.45, 2.75) is 12.3 Å². The van der Waals surface area contributed by atoms with E-state index in [-0.39, 0.29) is 5.82 Å². The Kier molecular flexibility index (Phi) is 1.99. The van der Waals surface area contributed by atoms with Gasteiger partial charge in [-0.25, -0.2) is 4.39 Å². The van der Waals surface area contributed by atoms with Crippen molar-refractivity contribution in [2.24, 2.45) is 0 Å². The van der Waals surface area contributed by atoms with E-state index in [1.165, 1.54) is 11.6 Å². The van der Waals surface area contributed by atoms with E-state index in [1.54, 1.807) is 12.1 Å². The fraction of sp³-hybridized carbons (Fsp3) is 0.333. The van der Waals surface area contributed by atoms with Gasteiger partial charge in [-0.05, 0) is 42.6 Å². The average molecular weight is 204 g/mol. The van der Waals surface area contributed by atoms with Crippen LogP contribution >= 0.6 is 0 Å². The van der Waals surface area contributed by atoms with Gasteiger partial charge in [0.2, 0.25) is 0 Å². The zero-order valence-corrected chi connectivity index (χ0v) is 8.39. The summed E-state index contributed by atoms with van der Waals surface area (Å²) >= 11 is 0. The Labute approximate surface area is 87.5 Å². The van der Waals surface area contributed by atoms with Crippen molar-refractivity contribution in [3.05, 3.63) is 35.8 Å². The molecule has 1 aromatic carbocycles. The molecule has 1 aromatic heterocycles. The van der Waals surface area contributed by atoms with Crippen molar-refractivity contribution in [3.8, 4) is 0 Å². The third-order valence-corrected chi connectivity index (χ3v) is 3.18. The minimum absolute atomic E-state index is 0.158. The zero-order chi connectivity index (χ0) is 10.3. The second-order valence-electron chi connectivity index (χ2n) is 4.12. The molecule has 78 valence electrons. The molecule has 0 saturated carbocycles. The first-order chi connectivity index (χ1) is 7.34. The van der Waals surface area contributed by atoms with Gasteiger partial charge in [-0.3, -0.25) is 0 Å². The van der Waals surface area contributed by atoms with Crippen molar-refractivity contribution in [2.75, 3.05) is 13.1 Å². The van der Waals surface area contributed by atoms with Crippen LogP contribution in [0.2, 0.25) is 0 Å². The molecule has 2 nitrogen and oxygen atoms in total. The van der Waals surface area contributed by atoms with Crippen LogP contribution in [0.15, 0.2) is 24.4 Å². The quantitative estimate of drug-likeness (QED) is 0.733. The number of aromatic amines is 1. The standard InChI is InChI=1S/C12H13FN2/c13-9-1-2-12-10(5-9)11(7-15-12)8-3-4-14-6-8/h1-2,5,7-8,14-15H,3-4,6H2/t8-/m1/s1. The molecule has 1 aliphatic rings. The van der Waals surface area contributed by atoms with Gasteiger partial charge in [-0.15, -0.1) is 0 Å². The lowest BCUT2D eigenvalue weighted by Crippen LogP contribution is -2.07. The molecule has 0 bridgehead atoms. The second kappa shape index (κ2) is 3.35. The molecule has 0 spiro atoms. The topological polar surface area (TPSA) is 27.8 Å². The van der Waals surface area contributed by atoms with E-state index in [4.69, 9.17) is 0 Å². The van der Waals surface area contributed by atoms with Gasteiger partial charge >= 0.3 is 0 Å². The Morgan fingerprint density at radius 1 is 1.33 bits per heavy atom. The summed E-state index contributed by atoms with van der Waals surface area (Å²) in [5.74, 6) is 0.370. The van der Waals surface area contributed by atoms with E-state index in [1.807, 2.05) is 6.20 Å². The molecule has 2 N–H and O–H groups in total. The Bertz CT molecular complexity index is 483. The zero-order valence-electron chi connectivity index (χ0n) is 8.39. The molecule has 2 heterocycles. The summed E-state index contributed by atoms with van der Waals surface area (Å²) < 4.78 is 13.2. The summed E-state index contributed by atoms with van der Waals surface area (Å²) in [7, 11) is 0. The molecular weight excluding hydrogens is 191 g/mol. The SMILES string of the molecule is Fc1ccc2[nH]cc([C@@H]3CCNC3)c2c1. The molecule has 0 radical (unpaired) electrons. The van der Waals surface area contributed by atoms with E-state index in [9.17, 15) is 4.39 Å². The summed E-state index contributed by atoms with van der Waals surface area (Å²) in [5.41, 5.74) is 2.27. The first-order valence-electron chi connectivity index (χ1n) is 5.32. The Morgan fingerprint density at radius 3 is 3.07 bits per heavy atom. The average Bonchev–Trinajstić information content (AvgIpc) is 2.83. The second-order valence-corrected chi connectivity index (χ2v) is 4.12. The van der Waals surface area contributed by atoms with Crippen molar-refractivity contribution >= 4 is 10.9 Å². The summed E-state index contributed by atoms with van der Waals surface area (Å²) in [6.45, 7) is 2.07. The van der Waals surface area contributed by atoms with E-state index in [2.05, 4.69) is 10.3 Å². The maximum atomic E-state index is 13.2. The van der Waals surface area contributed by atoms with Gasteiger partial charge in [-0.2, -0.15) is 0 Å². The molecule has 3 rings (SSSR count). The highest BCUT2D eigenvalue weighted by molar-refractivity contribution is 5.83. The molecular formula is C12H13FN2. The van der Waals surface area contributed by atoms with Gasteiger partial charge < -0.3 is 10.3 Å². The first-order valence-corrected chi connectivity index (χ1v) is 5.32. The fourth-order valence-corrected chi connectivity index (χ4v) is 2.37. The van der Waals surface area contributed by atoms with E-state index in [0.717, 1.165) is 30.4 Å². The number of hydrogen-bond donors (Lipinski definition) is 2. The number of nitrogens with one attached hydrogen (secondary N) is 2. The lowest BCUT2D eigenvalue weighted by atomic mass is 9.98. The number of halogens is 1. The molecule has 1 fully saturated rings. The van der Waals surface area contributed by atoms with Crippen molar-refractivity contribution in [1.29, 1.82) is 0 Å². The highest BCUT2D eigenvalue weighted by Crippen LogP contribution is 2.29. The van der Waals surface area contributed by atoms with E-state index < -0.39 is 0 Å². The Morgan fingerprint density at radius 2 is 2.27 bits per heavy atom. The molecule has 1 aliphatic heterocycles. The Balaban J connectivity index is 2.13. The molecule has 15 heavy (non-hydrogen) atoms. The normalized spacial score (nSPS) is 21.3. The molecule has 1 saturated heterocycles. The largest absolute Gasteiger partial charge is 0.361 e. The molecule has 2 aromatic rings. The highest BCUT2D eigenvalue weighted by atomic mass is 19.1. The van der Waals surface area contributed by atoms with Gasteiger partial charge in [0.05, 0.1) is 0 Å². The number of benzene rings is 1. The van der Waals surface area contributed by atoms with Gasteiger partial charge in [0.15, 0.2) is 0 Å².